The smallest absolute Gasteiger partial charge is 0.191 e. The number of hydrogen-bond acceptors (Lipinski definition) is 5. The monoisotopic (exact) mass is 359 g/mol. The minimum absolute atomic E-state index is 0.00998. The molecule has 1 aliphatic carbocycles. The predicted octanol–water partition coefficient (Wildman–Crippen LogP) is 2.71. The Hall–Kier alpha value is -3.14. The van der Waals surface area contributed by atoms with Gasteiger partial charge in [-0.25, -0.2) is 4.39 Å². The van der Waals surface area contributed by atoms with Gasteiger partial charge in [0.1, 0.15) is 11.9 Å². The molecular weight excluding hydrogens is 341 g/mol. The Morgan fingerprint density at radius 2 is 1.81 bits per heavy atom. The van der Waals surface area contributed by atoms with Gasteiger partial charge < -0.3 is 5.73 Å². The van der Waals surface area contributed by atoms with E-state index in [1.54, 1.807) is 12.1 Å². The van der Waals surface area contributed by atoms with Crippen LogP contribution in [-0.4, -0.2) is 24.0 Å². The molecule has 27 heavy (non-hydrogen) atoms. The number of fused-ring (bicyclic) bond motifs is 4. The van der Waals surface area contributed by atoms with Gasteiger partial charge in [-0.2, -0.15) is 15.8 Å². The molecule has 2 heterocycles. The van der Waals surface area contributed by atoms with E-state index in [1.807, 2.05) is 7.05 Å². The van der Waals surface area contributed by atoms with Crippen LogP contribution in [0.1, 0.15) is 24.3 Å². The molecule has 2 bridgehead atoms. The molecule has 4 atom stereocenters. The van der Waals surface area contributed by atoms with E-state index in [9.17, 15) is 20.2 Å². The Balaban J connectivity index is 2.04. The lowest BCUT2D eigenvalue weighted by Gasteiger charge is -2.48. The van der Waals surface area contributed by atoms with Gasteiger partial charge in [0.05, 0.1) is 23.4 Å². The summed E-state index contributed by atoms with van der Waals surface area (Å²) in [5, 5.41) is 29.8. The Morgan fingerprint density at radius 3 is 2.41 bits per heavy atom. The first-order valence-corrected chi connectivity index (χ1v) is 8.90. The minimum Gasteiger partial charge on any atom is -0.399 e. The molecule has 2 aliphatic heterocycles. The van der Waals surface area contributed by atoms with Crippen molar-refractivity contribution < 1.29 is 4.39 Å². The molecule has 1 fully saturated rings. The van der Waals surface area contributed by atoms with Gasteiger partial charge >= 0.3 is 0 Å². The lowest BCUT2D eigenvalue weighted by atomic mass is 9.56. The van der Waals surface area contributed by atoms with Crippen molar-refractivity contribution >= 4 is 0 Å². The second-order valence-corrected chi connectivity index (χ2v) is 7.49. The van der Waals surface area contributed by atoms with Gasteiger partial charge in [0.2, 0.25) is 0 Å². The zero-order chi connectivity index (χ0) is 19.3. The molecule has 0 saturated carbocycles. The highest BCUT2D eigenvalue weighted by Gasteiger charge is 2.58. The first kappa shape index (κ1) is 17.3. The highest BCUT2D eigenvalue weighted by atomic mass is 19.1. The van der Waals surface area contributed by atoms with Gasteiger partial charge in [0, 0.05) is 23.9 Å². The molecule has 0 amide bonds. The van der Waals surface area contributed by atoms with E-state index >= 15 is 0 Å². The summed E-state index contributed by atoms with van der Waals surface area (Å²) in [5.74, 6) is -1.17. The Morgan fingerprint density at radius 1 is 1.15 bits per heavy atom. The lowest BCUT2D eigenvalue weighted by Crippen LogP contribution is -2.51. The van der Waals surface area contributed by atoms with E-state index in [0.717, 1.165) is 18.4 Å². The molecule has 0 spiro atoms. The summed E-state index contributed by atoms with van der Waals surface area (Å²) in [6.07, 6.45) is 3.94. The van der Waals surface area contributed by atoms with Crippen LogP contribution in [0.2, 0.25) is 0 Å². The molecular formula is C21H18FN5. The molecule has 2 N–H and O–H groups in total. The van der Waals surface area contributed by atoms with Crippen molar-refractivity contribution in [1.29, 1.82) is 15.8 Å². The van der Waals surface area contributed by atoms with Crippen molar-refractivity contribution in [2.24, 2.45) is 17.1 Å². The van der Waals surface area contributed by atoms with Crippen molar-refractivity contribution in [1.82, 2.24) is 4.90 Å². The van der Waals surface area contributed by atoms with Gasteiger partial charge in [-0.15, -0.1) is 0 Å². The number of nitrogens with zero attached hydrogens (tertiary/aromatic N) is 4. The van der Waals surface area contributed by atoms with Crippen LogP contribution in [0.3, 0.4) is 0 Å². The molecule has 5 nitrogen and oxygen atoms in total. The number of rotatable bonds is 1. The van der Waals surface area contributed by atoms with Gasteiger partial charge in [-0.1, -0.05) is 18.2 Å². The van der Waals surface area contributed by atoms with E-state index in [-0.39, 0.29) is 35.1 Å². The first-order chi connectivity index (χ1) is 13.0. The summed E-state index contributed by atoms with van der Waals surface area (Å²) >= 11 is 0. The number of nitriles is 3. The maximum atomic E-state index is 13.5. The summed E-state index contributed by atoms with van der Waals surface area (Å²) < 4.78 is 13.5. The van der Waals surface area contributed by atoms with Crippen molar-refractivity contribution in [2.45, 2.75) is 30.8 Å². The standard InChI is InChI=1S/C21H18FN5/c1-27-14-6-7-17(27)18-15(8-14)16(9-23)20(26)21(10-24,11-25)19(18)12-2-4-13(22)5-3-12/h2-5,8,14,17-19H,6-7,26H2,1H3/t14?,17?,18-,19-/m0/s1. The van der Waals surface area contributed by atoms with Gasteiger partial charge in [0.15, 0.2) is 5.41 Å². The van der Waals surface area contributed by atoms with E-state index in [1.165, 1.54) is 12.1 Å². The summed E-state index contributed by atoms with van der Waals surface area (Å²) in [6.45, 7) is 0. The zero-order valence-corrected chi connectivity index (χ0v) is 14.9. The summed E-state index contributed by atoms with van der Waals surface area (Å²) in [4.78, 5) is 2.25. The fraction of sp³-hybridized carbons (Fsp3) is 0.381. The van der Waals surface area contributed by atoms with Crippen LogP contribution in [0.5, 0.6) is 0 Å². The Labute approximate surface area is 157 Å². The predicted molar refractivity (Wildman–Crippen MR) is 95.8 cm³/mol. The second-order valence-electron chi connectivity index (χ2n) is 7.49. The molecule has 1 aromatic carbocycles. The van der Waals surface area contributed by atoms with Crippen LogP contribution in [0.4, 0.5) is 4.39 Å². The number of likely N-dealkylation sites (N-methyl/N-ethyl adjacent to an activating group) is 1. The van der Waals surface area contributed by atoms with Crippen LogP contribution in [0.25, 0.3) is 0 Å². The molecule has 0 aromatic heterocycles. The molecule has 4 rings (SSSR count). The van der Waals surface area contributed by atoms with Crippen LogP contribution >= 0.6 is 0 Å². The van der Waals surface area contributed by atoms with Crippen LogP contribution in [0, 0.1) is 51.1 Å². The molecule has 1 aromatic rings. The normalized spacial score (nSPS) is 31.3. The third kappa shape index (κ3) is 2.16. The third-order valence-electron chi connectivity index (χ3n) is 6.45. The number of halogens is 1. The van der Waals surface area contributed by atoms with Crippen LogP contribution in [-0.2, 0) is 0 Å². The Kier molecular flexibility index (Phi) is 3.81. The maximum Gasteiger partial charge on any atom is 0.191 e. The average Bonchev–Trinajstić information content (AvgIpc) is 2.91. The van der Waals surface area contributed by atoms with Gasteiger partial charge in [-0.3, -0.25) is 4.90 Å². The molecule has 134 valence electrons. The third-order valence-corrected chi connectivity index (χ3v) is 6.45. The Bertz CT molecular complexity index is 971. The number of hydrogen-bond donors (Lipinski definition) is 1. The van der Waals surface area contributed by atoms with Crippen molar-refractivity contribution in [3.8, 4) is 18.2 Å². The van der Waals surface area contributed by atoms with Crippen molar-refractivity contribution in [2.75, 3.05) is 7.05 Å². The zero-order valence-electron chi connectivity index (χ0n) is 14.9. The number of benzene rings is 1. The molecule has 0 radical (unpaired) electrons. The van der Waals surface area contributed by atoms with Crippen LogP contribution in [0.15, 0.2) is 47.2 Å². The SMILES string of the molecule is CN1C2C=C3C(C#N)=C(N)C(C#N)(C#N)[C@@H](c4ccc(F)cc4)[C@@H]3C1CC2. The van der Waals surface area contributed by atoms with Gasteiger partial charge in [0.25, 0.3) is 0 Å². The lowest BCUT2D eigenvalue weighted by molar-refractivity contribution is 0.160. The number of nitrogens with two attached hydrogens (primary N) is 1. The topological polar surface area (TPSA) is 101 Å². The number of allylic oxidation sites excluding steroid dienone is 2. The second kappa shape index (κ2) is 5.95. The largest absolute Gasteiger partial charge is 0.399 e. The maximum absolute atomic E-state index is 13.5. The summed E-state index contributed by atoms with van der Waals surface area (Å²) in [5.41, 5.74) is 6.40. The minimum atomic E-state index is -1.67. The fourth-order valence-corrected chi connectivity index (χ4v) is 5.13. The van der Waals surface area contributed by atoms with E-state index in [2.05, 4.69) is 29.2 Å². The van der Waals surface area contributed by atoms with Crippen molar-refractivity contribution in [3.05, 3.63) is 58.6 Å². The van der Waals surface area contributed by atoms with E-state index < -0.39 is 11.3 Å². The molecule has 2 unspecified atom stereocenters. The highest BCUT2D eigenvalue weighted by Crippen LogP contribution is 2.58. The van der Waals surface area contributed by atoms with Crippen molar-refractivity contribution in [3.63, 3.8) is 0 Å². The molecule has 6 heteroatoms. The summed E-state index contributed by atoms with van der Waals surface area (Å²) in [7, 11) is 2.03. The summed E-state index contributed by atoms with van der Waals surface area (Å²) in [6, 6.07) is 12.6. The molecule has 1 saturated heterocycles. The molecule has 3 aliphatic rings. The van der Waals surface area contributed by atoms with Crippen LogP contribution < -0.4 is 5.73 Å². The fourth-order valence-electron chi connectivity index (χ4n) is 5.13. The first-order valence-electron chi connectivity index (χ1n) is 8.90. The van der Waals surface area contributed by atoms with E-state index in [0.29, 0.717) is 5.56 Å². The quantitative estimate of drug-likeness (QED) is 0.831. The average molecular weight is 359 g/mol. The van der Waals surface area contributed by atoms with Gasteiger partial charge in [-0.05, 0) is 43.2 Å². The highest BCUT2D eigenvalue weighted by molar-refractivity contribution is 5.60. The van der Waals surface area contributed by atoms with E-state index in [4.69, 9.17) is 5.73 Å².